The second kappa shape index (κ2) is 4.85. The summed E-state index contributed by atoms with van der Waals surface area (Å²) < 4.78 is 14.0. The van der Waals surface area contributed by atoms with Gasteiger partial charge in [0.2, 0.25) is 5.91 Å². The molecule has 2 nitrogen and oxygen atoms in total. The number of amides is 1. The van der Waals surface area contributed by atoms with E-state index >= 15 is 0 Å². The Balaban J connectivity index is 2.30. The fraction of sp³-hybridized carbons (Fsp3) is 0.167. The predicted octanol–water partition coefficient (Wildman–Crippen LogP) is 3.54. The third-order valence-electron chi connectivity index (χ3n) is 3.95. The van der Waals surface area contributed by atoms with Gasteiger partial charge in [0.1, 0.15) is 5.82 Å². The molecule has 0 bridgehead atoms. The van der Waals surface area contributed by atoms with Crippen LogP contribution in [-0.2, 0) is 11.2 Å². The first-order chi connectivity index (χ1) is 9.99. The molecule has 0 aliphatic heterocycles. The minimum atomic E-state index is -0.487. The lowest BCUT2D eigenvalue weighted by atomic mass is 9.85. The predicted molar refractivity (Wildman–Crippen MR) is 82.8 cm³/mol. The molecule has 2 aliphatic rings. The summed E-state index contributed by atoms with van der Waals surface area (Å²) in [5.41, 5.74) is 11.0. The Hall–Kier alpha value is -2.42. The van der Waals surface area contributed by atoms with Crippen LogP contribution in [0.25, 0.3) is 11.6 Å². The lowest BCUT2D eigenvalue weighted by Gasteiger charge is -2.19. The number of carbonyl (C=O) groups is 1. The maximum absolute atomic E-state index is 14.0. The van der Waals surface area contributed by atoms with E-state index in [9.17, 15) is 9.18 Å². The largest absolute Gasteiger partial charge is 0.366 e. The summed E-state index contributed by atoms with van der Waals surface area (Å²) in [6.45, 7) is 6.01. The highest BCUT2D eigenvalue weighted by molar-refractivity contribution is 6.07. The number of rotatable bonds is 2. The van der Waals surface area contributed by atoms with E-state index in [1.54, 1.807) is 12.1 Å². The molecule has 21 heavy (non-hydrogen) atoms. The average Bonchev–Trinajstić information content (AvgIpc) is 2.82. The van der Waals surface area contributed by atoms with Gasteiger partial charge >= 0.3 is 0 Å². The molecule has 0 saturated carbocycles. The van der Waals surface area contributed by atoms with Crippen molar-refractivity contribution in [3.63, 3.8) is 0 Å². The van der Waals surface area contributed by atoms with Crippen LogP contribution in [0, 0.1) is 5.82 Å². The highest BCUT2D eigenvalue weighted by Crippen LogP contribution is 2.39. The van der Waals surface area contributed by atoms with Crippen LogP contribution in [0.15, 0.2) is 47.6 Å². The van der Waals surface area contributed by atoms with Crippen LogP contribution in [0.1, 0.15) is 30.0 Å². The van der Waals surface area contributed by atoms with Crippen molar-refractivity contribution in [2.24, 2.45) is 5.73 Å². The lowest BCUT2D eigenvalue weighted by Crippen LogP contribution is -2.16. The maximum Gasteiger partial charge on any atom is 0.249 e. The van der Waals surface area contributed by atoms with Crippen LogP contribution < -0.4 is 5.73 Å². The molecule has 0 fully saturated rings. The molecule has 0 aromatic heterocycles. The quantitative estimate of drug-likeness (QED) is 0.885. The number of fused-ring (bicyclic) bond motifs is 1. The molecular formula is C18H16FNO. The summed E-state index contributed by atoms with van der Waals surface area (Å²) in [5.74, 6) is -0.695. The zero-order chi connectivity index (χ0) is 15.1. The van der Waals surface area contributed by atoms with Gasteiger partial charge in [0.15, 0.2) is 0 Å². The molecule has 3 rings (SSSR count). The van der Waals surface area contributed by atoms with Crippen LogP contribution in [0.2, 0.25) is 0 Å². The van der Waals surface area contributed by atoms with Crippen molar-refractivity contribution in [3.8, 4) is 0 Å². The Morgan fingerprint density at radius 2 is 2.14 bits per heavy atom. The Kier molecular flexibility index (Phi) is 3.13. The van der Waals surface area contributed by atoms with Gasteiger partial charge in [-0.05, 0) is 53.7 Å². The fourth-order valence-electron chi connectivity index (χ4n) is 3.01. The van der Waals surface area contributed by atoms with Crippen molar-refractivity contribution in [1.82, 2.24) is 0 Å². The summed E-state index contributed by atoms with van der Waals surface area (Å²) in [4.78, 5) is 11.7. The normalized spacial score (nSPS) is 17.0. The third-order valence-corrected chi connectivity index (χ3v) is 3.95. The van der Waals surface area contributed by atoms with Crippen molar-refractivity contribution >= 4 is 17.6 Å². The Morgan fingerprint density at radius 1 is 1.38 bits per heavy atom. The minimum absolute atomic E-state index is 0.208. The number of nitrogens with two attached hydrogens (primary N) is 1. The maximum atomic E-state index is 14.0. The molecule has 0 radical (unpaired) electrons. The number of carbonyl (C=O) groups excluding carboxylic acids is 1. The van der Waals surface area contributed by atoms with Gasteiger partial charge in [0.05, 0.1) is 0 Å². The average molecular weight is 281 g/mol. The smallest absolute Gasteiger partial charge is 0.249 e. The molecule has 2 aliphatic carbocycles. The van der Waals surface area contributed by atoms with Crippen LogP contribution in [0.4, 0.5) is 4.39 Å². The Morgan fingerprint density at radius 3 is 2.86 bits per heavy atom. The first-order valence-corrected chi connectivity index (χ1v) is 6.86. The molecule has 1 amide bonds. The van der Waals surface area contributed by atoms with Gasteiger partial charge in [-0.3, -0.25) is 4.79 Å². The summed E-state index contributed by atoms with van der Waals surface area (Å²) in [6.07, 6.45) is 6.85. The SMILES string of the molecule is C=C1CC=CC(C(N)=O)=C1c1ccc(F)c2c1C=C(C)C2. The topological polar surface area (TPSA) is 43.1 Å². The minimum Gasteiger partial charge on any atom is -0.366 e. The van der Waals surface area contributed by atoms with Gasteiger partial charge in [-0.2, -0.15) is 0 Å². The molecule has 0 unspecified atom stereocenters. The number of hydrogen-bond donors (Lipinski definition) is 1. The van der Waals surface area contributed by atoms with Crippen LogP contribution in [0.3, 0.4) is 0 Å². The Bertz CT molecular complexity index is 766. The molecule has 1 aromatic carbocycles. The number of benzene rings is 1. The zero-order valence-electron chi connectivity index (χ0n) is 11.9. The van der Waals surface area contributed by atoms with Gasteiger partial charge in [-0.1, -0.05) is 36.4 Å². The molecule has 0 heterocycles. The first kappa shape index (κ1) is 13.6. The number of halogens is 1. The third kappa shape index (κ3) is 2.15. The monoisotopic (exact) mass is 281 g/mol. The van der Waals surface area contributed by atoms with Crippen molar-refractivity contribution in [1.29, 1.82) is 0 Å². The van der Waals surface area contributed by atoms with Crippen molar-refractivity contribution < 1.29 is 9.18 Å². The van der Waals surface area contributed by atoms with Crippen molar-refractivity contribution in [2.45, 2.75) is 19.8 Å². The fourth-order valence-corrected chi connectivity index (χ4v) is 3.01. The van der Waals surface area contributed by atoms with E-state index in [4.69, 9.17) is 5.73 Å². The summed E-state index contributed by atoms with van der Waals surface area (Å²) in [5, 5.41) is 0. The molecular weight excluding hydrogens is 265 g/mol. The van der Waals surface area contributed by atoms with Crippen molar-refractivity contribution in [3.05, 3.63) is 70.1 Å². The first-order valence-electron chi connectivity index (χ1n) is 6.86. The van der Waals surface area contributed by atoms with Gasteiger partial charge in [-0.25, -0.2) is 4.39 Å². The van der Waals surface area contributed by atoms with E-state index in [2.05, 4.69) is 6.58 Å². The molecule has 0 spiro atoms. The standard InChI is InChI=1S/C18H16FNO/c1-10-8-14-12(6-7-16(19)15(14)9-10)17-11(2)4-3-5-13(17)18(20)21/h3,5-8H,2,4,9H2,1H3,(H2,20,21). The van der Waals surface area contributed by atoms with Gasteiger partial charge in [-0.15, -0.1) is 0 Å². The number of allylic oxidation sites excluding steroid dienone is 4. The summed E-state index contributed by atoms with van der Waals surface area (Å²) in [6, 6.07) is 3.17. The summed E-state index contributed by atoms with van der Waals surface area (Å²) >= 11 is 0. The van der Waals surface area contributed by atoms with E-state index in [0.717, 1.165) is 27.8 Å². The molecule has 1 aromatic rings. The van der Waals surface area contributed by atoms with Crippen LogP contribution in [0.5, 0.6) is 0 Å². The van der Waals surface area contributed by atoms with E-state index in [1.807, 2.05) is 19.1 Å². The molecule has 0 saturated heterocycles. The van der Waals surface area contributed by atoms with Crippen molar-refractivity contribution in [2.75, 3.05) is 0 Å². The lowest BCUT2D eigenvalue weighted by molar-refractivity contribution is -0.114. The summed E-state index contributed by atoms with van der Waals surface area (Å²) in [7, 11) is 0. The molecule has 0 atom stereocenters. The number of primary amides is 1. The van der Waals surface area contributed by atoms with E-state index < -0.39 is 5.91 Å². The highest BCUT2D eigenvalue weighted by atomic mass is 19.1. The Labute approximate surface area is 123 Å². The molecule has 106 valence electrons. The number of hydrogen-bond acceptors (Lipinski definition) is 1. The van der Waals surface area contributed by atoms with Gasteiger partial charge in [0, 0.05) is 5.57 Å². The van der Waals surface area contributed by atoms with Gasteiger partial charge in [0.25, 0.3) is 0 Å². The van der Waals surface area contributed by atoms with E-state index in [1.165, 1.54) is 6.07 Å². The zero-order valence-corrected chi connectivity index (χ0v) is 11.9. The molecule has 2 N–H and O–H groups in total. The van der Waals surface area contributed by atoms with Crippen LogP contribution >= 0.6 is 0 Å². The van der Waals surface area contributed by atoms with Crippen LogP contribution in [-0.4, -0.2) is 5.91 Å². The van der Waals surface area contributed by atoms with E-state index in [-0.39, 0.29) is 5.82 Å². The highest BCUT2D eigenvalue weighted by Gasteiger charge is 2.24. The second-order valence-corrected chi connectivity index (χ2v) is 5.52. The van der Waals surface area contributed by atoms with Gasteiger partial charge < -0.3 is 5.73 Å². The second-order valence-electron chi connectivity index (χ2n) is 5.52. The van der Waals surface area contributed by atoms with E-state index in [0.29, 0.717) is 24.0 Å². The molecule has 3 heteroatoms.